The minimum absolute atomic E-state index is 0.0509. The van der Waals surface area contributed by atoms with E-state index in [-0.39, 0.29) is 5.92 Å². The molecule has 0 saturated heterocycles. The van der Waals surface area contributed by atoms with Gasteiger partial charge in [-0.15, -0.1) is 0 Å². The molecule has 0 saturated carbocycles. The summed E-state index contributed by atoms with van der Waals surface area (Å²) in [5, 5.41) is 8.45. The first-order valence-corrected chi connectivity index (χ1v) is 4.17. The van der Waals surface area contributed by atoms with E-state index in [9.17, 15) is 4.79 Å². The average molecular weight is 192 g/mol. The normalized spacial score (nSPS) is 21.1. The summed E-state index contributed by atoms with van der Waals surface area (Å²) < 4.78 is 5.01. The van der Waals surface area contributed by atoms with Crippen molar-refractivity contribution in [2.24, 2.45) is 5.92 Å². The van der Waals surface area contributed by atoms with Crippen molar-refractivity contribution in [2.75, 3.05) is 7.11 Å². The van der Waals surface area contributed by atoms with Gasteiger partial charge in [0.1, 0.15) is 5.76 Å². The molecule has 0 heterocycles. The van der Waals surface area contributed by atoms with Gasteiger partial charge in [0.05, 0.1) is 7.11 Å². The van der Waals surface area contributed by atoms with Gasteiger partial charge in [-0.1, -0.05) is 18.7 Å². The number of hydrogen-bond donors (Lipinski definition) is 1. The summed E-state index contributed by atoms with van der Waals surface area (Å²) in [4.78, 5) is 10.3. The van der Waals surface area contributed by atoms with Gasteiger partial charge in [0.15, 0.2) is 0 Å². The van der Waals surface area contributed by atoms with Crippen LogP contribution in [0.1, 0.15) is 0 Å². The third-order valence-corrected chi connectivity index (χ3v) is 1.91. The first-order chi connectivity index (χ1) is 6.63. The average Bonchev–Trinajstić information content (AvgIpc) is 2.15. The van der Waals surface area contributed by atoms with Crippen molar-refractivity contribution in [3.8, 4) is 0 Å². The molecule has 0 aromatic heterocycles. The molecule has 3 heteroatoms. The lowest BCUT2D eigenvalue weighted by Crippen LogP contribution is -2.02. The van der Waals surface area contributed by atoms with Crippen LogP contribution in [0.3, 0.4) is 0 Å². The molecule has 1 N–H and O–H groups in total. The molecule has 14 heavy (non-hydrogen) atoms. The summed E-state index contributed by atoms with van der Waals surface area (Å²) in [6, 6.07) is 0. The first kappa shape index (κ1) is 10.3. The van der Waals surface area contributed by atoms with Crippen molar-refractivity contribution in [3.63, 3.8) is 0 Å². The van der Waals surface area contributed by atoms with Gasteiger partial charge in [-0.05, 0) is 17.7 Å². The molecular weight excluding hydrogens is 180 g/mol. The second kappa shape index (κ2) is 4.46. The van der Waals surface area contributed by atoms with Crippen molar-refractivity contribution >= 4 is 5.97 Å². The molecule has 0 aliphatic heterocycles. The summed E-state index contributed by atoms with van der Waals surface area (Å²) >= 11 is 0. The third-order valence-electron chi connectivity index (χ3n) is 1.91. The van der Waals surface area contributed by atoms with Gasteiger partial charge in [0.25, 0.3) is 0 Å². The Hall–Kier alpha value is -1.77. The maximum Gasteiger partial charge on any atom is 0.328 e. The van der Waals surface area contributed by atoms with Gasteiger partial charge >= 0.3 is 5.97 Å². The van der Waals surface area contributed by atoms with E-state index in [0.717, 1.165) is 17.4 Å². The molecule has 0 amide bonds. The van der Waals surface area contributed by atoms with E-state index < -0.39 is 5.97 Å². The van der Waals surface area contributed by atoms with Crippen molar-refractivity contribution in [1.29, 1.82) is 0 Å². The summed E-state index contributed by atoms with van der Waals surface area (Å²) in [6.07, 6.45) is 8.14. The van der Waals surface area contributed by atoms with E-state index >= 15 is 0 Å². The molecule has 0 aromatic rings. The Kier molecular flexibility index (Phi) is 3.29. The zero-order valence-corrected chi connectivity index (χ0v) is 7.93. The second-order valence-corrected chi connectivity index (χ2v) is 2.91. The largest absolute Gasteiger partial charge is 0.497 e. The quantitative estimate of drug-likeness (QED) is 0.694. The number of hydrogen-bond acceptors (Lipinski definition) is 2. The molecule has 0 fully saturated rings. The number of ether oxygens (including phenoxy) is 1. The van der Waals surface area contributed by atoms with E-state index in [1.165, 1.54) is 0 Å². The van der Waals surface area contributed by atoms with Gasteiger partial charge in [-0.3, -0.25) is 0 Å². The topological polar surface area (TPSA) is 46.5 Å². The summed E-state index contributed by atoms with van der Waals surface area (Å²) in [6.45, 7) is 3.82. The number of rotatable bonds is 3. The predicted molar refractivity (Wildman–Crippen MR) is 53.6 cm³/mol. The molecule has 1 aliphatic rings. The Balaban J connectivity index is 2.70. The molecule has 74 valence electrons. The maximum absolute atomic E-state index is 10.3. The van der Waals surface area contributed by atoms with Crippen LogP contribution in [0.2, 0.25) is 0 Å². The SMILES string of the molecule is C=C1C=C(OC)C=CC1C=CC(=O)O. The number of aliphatic carboxylic acids is 1. The molecule has 0 bridgehead atoms. The van der Waals surface area contributed by atoms with Gasteiger partial charge in [-0.2, -0.15) is 0 Å². The van der Waals surface area contributed by atoms with Crippen LogP contribution in [0.4, 0.5) is 0 Å². The van der Waals surface area contributed by atoms with Crippen LogP contribution >= 0.6 is 0 Å². The fourth-order valence-electron chi connectivity index (χ4n) is 1.15. The summed E-state index contributed by atoms with van der Waals surface area (Å²) in [5.74, 6) is -0.271. The molecule has 0 radical (unpaired) electrons. The molecule has 1 atom stereocenters. The number of carboxylic acid groups (broad SMARTS) is 1. The molecule has 3 nitrogen and oxygen atoms in total. The van der Waals surface area contributed by atoms with E-state index in [1.54, 1.807) is 25.3 Å². The van der Waals surface area contributed by atoms with Crippen molar-refractivity contribution in [3.05, 3.63) is 48.3 Å². The lowest BCUT2D eigenvalue weighted by Gasteiger charge is -2.14. The van der Waals surface area contributed by atoms with Crippen molar-refractivity contribution < 1.29 is 14.6 Å². The zero-order chi connectivity index (χ0) is 10.6. The highest BCUT2D eigenvalue weighted by Gasteiger charge is 2.09. The number of carbonyl (C=O) groups is 1. The minimum Gasteiger partial charge on any atom is -0.497 e. The lowest BCUT2D eigenvalue weighted by molar-refractivity contribution is -0.131. The Labute approximate surface area is 82.7 Å². The Morgan fingerprint density at radius 3 is 2.93 bits per heavy atom. The van der Waals surface area contributed by atoms with Crippen molar-refractivity contribution in [2.45, 2.75) is 0 Å². The molecule has 1 aliphatic carbocycles. The fourth-order valence-corrected chi connectivity index (χ4v) is 1.15. The molecule has 0 aromatic carbocycles. The van der Waals surface area contributed by atoms with E-state index in [4.69, 9.17) is 9.84 Å². The van der Waals surface area contributed by atoms with Crippen LogP contribution in [0.5, 0.6) is 0 Å². The summed E-state index contributed by atoms with van der Waals surface area (Å²) in [5.41, 5.74) is 0.821. The number of carboxylic acids is 1. The second-order valence-electron chi connectivity index (χ2n) is 2.91. The number of methoxy groups -OCH3 is 1. The summed E-state index contributed by atoms with van der Waals surface area (Å²) in [7, 11) is 1.58. The van der Waals surface area contributed by atoms with Crippen LogP contribution in [0.25, 0.3) is 0 Å². The standard InChI is InChI=1S/C11H12O3/c1-8-7-10(14-2)5-3-9(8)4-6-11(12)13/h3-7,9H,1H2,2H3,(H,12,13). The smallest absolute Gasteiger partial charge is 0.328 e. The van der Waals surface area contributed by atoms with Gasteiger partial charge in [-0.25, -0.2) is 4.79 Å². The van der Waals surface area contributed by atoms with Crippen LogP contribution < -0.4 is 0 Å². The van der Waals surface area contributed by atoms with E-state index in [1.807, 2.05) is 6.08 Å². The molecule has 1 unspecified atom stereocenters. The fraction of sp³-hybridized carbons (Fsp3) is 0.182. The van der Waals surface area contributed by atoms with Crippen LogP contribution in [-0.2, 0) is 9.53 Å². The maximum atomic E-state index is 10.3. The van der Waals surface area contributed by atoms with Crippen LogP contribution in [0, 0.1) is 5.92 Å². The van der Waals surface area contributed by atoms with E-state index in [0.29, 0.717) is 0 Å². The Morgan fingerprint density at radius 1 is 1.71 bits per heavy atom. The van der Waals surface area contributed by atoms with Gasteiger partial charge in [0, 0.05) is 12.0 Å². The minimum atomic E-state index is -0.951. The Bertz CT molecular complexity index is 334. The monoisotopic (exact) mass is 192 g/mol. The first-order valence-electron chi connectivity index (χ1n) is 4.17. The van der Waals surface area contributed by atoms with Crippen LogP contribution in [0.15, 0.2) is 48.3 Å². The highest BCUT2D eigenvalue weighted by atomic mass is 16.5. The third kappa shape index (κ3) is 2.62. The van der Waals surface area contributed by atoms with Gasteiger partial charge < -0.3 is 9.84 Å². The number of allylic oxidation sites excluding steroid dienone is 5. The molecule has 0 spiro atoms. The van der Waals surface area contributed by atoms with Gasteiger partial charge in [0.2, 0.25) is 0 Å². The highest BCUT2D eigenvalue weighted by molar-refractivity contribution is 5.79. The van der Waals surface area contributed by atoms with Crippen LogP contribution in [-0.4, -0.2) is 18.2 Å². The highest BCUT2D eigenvalue weighted by Crippen LogP contribution is 2.22. The lowest BCUT2D eigenvalue weighted by atomic mass is 9.95. The van der Waals surface area contributed by atoms with Crippen molar-refractivity contribution in [1.82, 2.24) is 0 Å². The Morgan fingerprint density at radius 2 is 2.43 bits per heavy atom. The zero-order valence-electron chi connectivity index (χ0n) is 7.93. The molecular formula is C11H12O3. The predicted octanol–water partition coefficient (Wildman–Crippen LogP) is 1.90. The van der Waals surface area contributed by atoms with E-state index in [2.05, 4.69) is 6.58 Å². The molecule has 1 rings (SSSR count).